The van der Waals surface area contributed by atoms with E-state index in [1.165, 1.54) is 22.3 Å². The molecule has 1 atom stereocenters. The van der Waals surface area contributed by atoms with Crippen molar-refractivity contribution in [1.29, 1.82) is 5.41 Å². The van der Waals surface area contributed by atoms with E-state index >= 15 is 0 Å². The Hall–Kier alpha value is -2.63. The van der Waals surface area contributed by atoms with Crippen molar-refractivity contribution in [2.45, 2.75) is 32.9 Å². The molecule has 0 aliphatic rings. The van der Waals surface area contributed by atoms with Gasteiger partial charge in [0.15, 0.2) is 0 Å². The summed E-state index contributed by atoms with van der Waals surface area (Å²) in [6.45, 7) is 5.40. The van der Waals surface area contributed by atoms with E-state index in [1.54, 1.807) is 7.11 Å². The lowest BCUT2D eigenvalue weighted by Crippen LogP contribution is -2.31. The highest BCUT2D eigenvalue weighted by molar-refractivity contribution is 9.10. The van der Waals surface area contributed by atoms with E-state index in [0.29, 0.717) is 18.8 Å². The fraction of sp³-hybridized carbons (Fsp3) is 0.269. The molecule has 0 spiro atoms. The molecule has 1 heterocycles. The minimum absolute atomic E-state index is 0.0243. The minimum atomic E-state index is 0.0243. The van der Waals surface area contributed by atoms with Crippen LogP contribution in [0, 0.1) is 19.3 Å². The van der Waals surface area contributed by atoms with Crippen LogP contribution in [-0.4, -0.2) is 22.9 Å². The second kappa shape index (κ2) is 9.25. The van der Waals surface area contributed by atoms with Crippen molar-refractivity contribution >= 4 is 27.0 Å². The standard InChI is InChI=1S/C26H28BrN3O/c1-18-4-8-20(9-5-18)14-23(17-31-3)30-25-15-22(27)12-13-24(25)29(26(30)28)16-21-10-6-19(2)7-11-21/h4-13,15,23,28H,14,16-17H2,1-3H3. The summed E-state index contributed by atoms with van der Waals surface area (Å²) in [5.74, 6) is 0. The molecule has 1 unspecified atom stereocenters. The van der Waals surface area contributed by atoms with Gasteiger partial charge in [0.1, 0.15) is 0 Å². The van der Waals surface area contributed by atoms with E-state index in [4.69, 9.17) is 10.1 Å². The predicted molar refractivity (Wildman–Crippen MR) is 130 cm³/mol. The molecule has 0 saturated carbocycles. The van der Waals surface area contributed by atoms with Crippen LogP contribution in [0.15, 0.2) is 71.2 Å². The third kappa shape index (κ3) is 4.68. The number of rotatable bonds is 7. The third-order valence-corrected chi connectivity index (χ3v) is 6.24. The number of fused-ring (bicyclic) bond motifs is 1. The number of hydrogen-bond acceptors (Lipinski definition) is 2. The quantitative estimate of drug-likeness (QED) is 0.360. The highest BCUT2D eigenvalue weighted by Gasteiger charge is 2.20. The van der Waals surface area contributed by atoms with Crippen LogP contribution in [0.2, 0.25) is 0 Å². The molecular formula is C26H28BrN3O. The number of halogens is 1. The first kappa shape index (κ1) is 21.6. The Labute approximate surface area is 191 Å². The number of imidazole rings is 1. The number of nitrogens with one attached hydrogen (secondary N) is 1. The molecule has 0 amide bonds. The summed E-state index contributed by atoms with van der Waals surface area (Å²) < 4.78 is 10.8. The van der Waals surface area contributed by atoms with Gasteiger partial charge in [-0.3, -0.25) is 5.41 Å². The fourth-order valence-electron chi connectivity index (χ4n) is 4.10. The largest absolute Gasteiger partial charge is 0.383 e. The van der Waals surface area contributed by atoms with E-state index < -0.39 is 0 Å². The highest BCUT2D eigenvalue weighted by atomic mass is 79.9. The van der Waals surface area contributed by atoms with Crippen LogP contribution in [-0.2, 0) is 17.7 Å². The predicted octanol–water partition coefficient (Wildman–Crippen LogP) is 5.78. The highest BCUT2D eigenvalue weighted by Crippen LogP contribution is 2.25. The van der Waals surface area contributed by atoms with Crippen molar-refractivity contribution in [2.75, 3.05) is 13.7 Å². The lowest BCUT2D eigenvalue weighted by atomic mass is 10.0. The van der Waals surface area contributed by atoms with Gasteiger partial charge in [-0.05, 0) is 49.6 Å². The smallest absolute Gasteiger partial charge is 0.203 e. The first-order chi connectivity index (χ1) is 15.0. The Bertz CT molecular complexity index is 1240. The van der Waals surface area contributed by atoms with E-state index in [2.05, 4.69) is 99.6 Å². The Morgan fingerprint density at radius 2 is 1.48 bits per heavy atom. The first-order valence-electron chi connectivity index (χ1n) is 10.5. The summed E-state index contributed by atoms with van der Waals surface area (Å²) in [5, 5.41) is 9.10. The van der Waals surface area contributed by atoms with Gasteiger partial charge in [-0.25, -0.2) is 0 Å². The van der Waals surface area contributed by atoms with Crippen molar-refractivity contribution in [3.05, 3.63) is 99.1 Å². The zero-order valence-electron chi connectivity index (χ0n) is 18.2. The molecule has 5 heteroatoms. The Balaban J connectivity index is 1.82. The monoisotopic (exact) mass is 477 g/mol. The molecule has 0 aliphatic carbocycles. The van der Waals surface area contributed by atoms with Gasteiger partial charge in [-0.2, -0.15) is 0 Å². The Morgan fingerprint density at radius 1 is 0.871 bits per heavy atom. The molecule has 31 heavy (non-hydrogen) atoms. The van der Waals surface area contributed by atoms with E-state index in [9.17, 15) is 0 Å². The number of aromatic nitrogens is 2. The van der Waals surface area contributed by atoms with Crippen LogP contribution >= 0.6 is 15.9 Å². The van der Waals surface area contributed by atoms with Gasteiger partial charge >= 0.3 is 0 Å². The van der Waals surface area contributed by atoms with Gasteiger partial charge < -0.3 is 13.9 Å². The summed E-state index contributed by atoms with van der Waals surface area (Å²) in [5.41, 5.74) is 7.51. The zero-order chi connectivity index (χ0) is 22.0. The molecule has 0 radical (unpaired) electrons. The number of methoxy groups -OCH3 is 1. The van der Waals surface area contributed by atoms with Gasteiger partial charge in [0.25, 0.3) is 0 Å². The number of nitrogens with zero attached hydrogens (tertiary/aromatic N) is 2. The van der Waals surface area contributed by atoms with Crippen molar-refractivity contribution in [2.24, 2.45) is 0 Å². The van der Waals surface area contributed by atoms with Crippen molar-refractivity contribution < 1.29 is 4.74 Å². The normalized spacial score (nSPS) is 12.4. The fourth-order valence-corrected chi connectivity index (χ4v) is 4.44. The van der Waals surface area contributed by atoms with E-state index in [1.807, 2.05) is 6.07 Å². The molecule has 3 aromatic carbocycles. The number of hydrogen-bond donors (Lipinski definition) is 1. The summed E-state index contributed by atoms with van der Waals surface area (Å²) in [7, 11) is 1.73. The Morgan fingerprint density at radius 3 is 2.10 bits per heavy atom. The average molecular weight is 478 g/mol. The molecular weight excluding hydrogens is 450 g/mol. The van der Waals surface area contributed by atoms with Gasteiger partial charge in [-0.1, -0.05) is 75.6 Å². The molecule has 4 aromatic rings. The SMILES string of the molecule is COCC(Cc1ccc(C)cc1)n1c(=N)n(Cc2ccc(C)cc2)c2ccc(Br)cc21. The van der Waals surface area contributed by atoms with Crippen LogP contribution < -0.4 is 5.62 Å². The molecule has 0 fully saturated rings. The molecule has 4 nitrogen and oxygen atoms in total. The van der Waals surface area contributed by atoms with Gasteiger partial charge in [-0.15, -0.1) is 0 Å². The second-order valence-corrected chi connectivity index (χ2v) is 9.11. The molecule has 1 N–H and O–H groups in total. The number of aryl methyl sites for hydroxylation is 2. The maximum absolute atomic E-state index is 9.10. The molecule has 0 saturated heterocycles. The van der Waals surface area contributed by atoms with Crippen molar-refractivity contribution in [1.82, 2.24) is 9.13 Å². The van der Waals surface area contributed by atoms with Crippen LogP contribution in [0.4, 0.5) is 0 Å². The van der Waals surface area contributed by atoms with Crippen molar-refractivity contribution in [3.8, 4) is 0 Å². The maximum Gasteiger partial charge on any atom is 0.203 e. The van der Waals surface area contributed by atoms with Gasteiger partial charge in [0, 0.05) is 11.6 Å². The van der Waals surface area contributed by atoms with Crippen LogP contribution in [0.5, 0.6) is 0 Å². The first-order valence-corrected chi connectivity index (χ1v) is 11.3. The van der Waals surface area contributed by atoms with Crippen LogP contribution in [0.25, 0.3) is 11.0 Å². The summed E-state index contributed by atoms with van der Waals surface area (Å²) in [6, 6.07) is 23.4. The van der Waals surface area contributed by atoms with Crippen LogP contribution in [0.1, 0.15) is 28.3 Å². The molecule has 4 rings (SSSR count). The molecule has 1 aromatic heterocycles. The summed E-state index contributed by atoms with van der Waals surface area (Å²) in [6.07, 6.45) is 0.806. The lowest BCUT2D eigenvalue weighted by Gasteiger charge is -2.19. The van der Waals surface area contributed by atoms with Crippen molar-refractivity contribution in [3.63, 3.8) is 0 Å². The average Bonchev–Trinajstić information content (AvgIpc) is 3.01. The number of ether oxygens (including phenoxy) is 1. The van der Waals surface area contributed by atoms with Gasteiger partial charge in [0.2, 0.25) is 5.62 Å². The summed E-state index contributed by atoms with van der Waals surface area (Å²) in [4.78, 5) is 0. The van der Waals surface area contributed by atoms with E-state index in [0.717, 1.165) is 21.9 Å². The van der Waals surface area contributed by atoms with E-state index in [-0.39, 0.29) is 6.04 Å². The second-order valence-electron chi connectivity index (χ2n) is 8.20. The molecule has 0 bridgehead atoms. The maximum atomic E-state index is 9.10. The zero-order valence-corrected chi connectivity index (χ0v) is 19.8. The van der Waals surface area contributed by atoms with Crippen LogP contribution in [0.3, 0.4) is 0 Å². The summed E-state index contributed by atoms with van der Waals surface area (Å²) >= 11 is 3.62. The topological polar surface area (TPSA) is 42.9 Å². The minimum Gasteiger partial charge on any atom is -0.383 e. The molecule has 0 aliphatic heterocycles. The number of benzene rings is 3. The van der Waals surface area contributed by atoms with Gasteiger partial charge in [0.05, 0.1) is 30.2 Å². The molecule has 160 valence electrons. The lowest BCUT2D eigenvalue weighted by molar-refractivity contribution is 0.154. The Kier molecular flexibility index (Phi) is 6.44. The third-order valence-electron chi connectivity index (χ3n) is 5.75.